The van der Waals surface area contributed by atoms with Crippen LogP contribution in [0.2, 0.25) is 0 Å². The molecule has 0 amide bonds. The summed E-state index contributed by atoms with van der Waals surface area (Å²) in [7, 11) is 0. The third kappa shape index (κ3) is 3.62. The van der Waals surface area contributed by atoms with Gasteiger partial charge in [0.1, 0.15) is 0 Å². The molecule has 2 rings (SSSR count). The third-order valence-electron chi connectivity index (χ3n) is 3.16. The first-order chi connectivity index (χ1) is 9.77. The maximum atomic E-state index is 12.4. The summed E-state index contributed by atoms with van der Waals surface area (Å²) in [4.78, 5) is 10.9. The lowest BCUT2D eigenvalue weighted by Crippen LogP contribution is -2.07. The molecule has 112 valence electrons. The molecule has 1 aromatic heterocycles. The Bertz CT molecular complexity index is 632. The monoisotopic (exact) mass is 298 g/mol. The molecule has 4 nitrogen and oxygen atoms in total. The average molecular weight is 298 g/mol. The zero-order valence-electron chi connectivity index (χ0n) is 11.1. The van der Waals surface area contributed by atoms with Crippen LogP contribution >= 0.6 is 0 Å². The van der Waals surface area contributed by atoms with E-state index in [9.17, 15) is 18.0 Å². The van der Waals surface area contributed by atoms with Crippen molar-refractivity contribution in [2.45, 2.75) is 25.6 Å². The van der Waals surface area contributed by atoms with Crippen molar-refractivity contribution in [3.63, 3.8) is 0 Å². The van der Waals surface area contributed by atoms with Crippen LogP contribution < -0.4 is 0 Å². The standard InChI is InChI=1S/C14H13F3N2O2/c1-9(13(20)21)11-4-2-10(3-5-11)7-19-8-12(6-18-19)14(15,16)17/h2-6,8-9H,7H2,1H3,(H,20,21). The van der Waals surface area contributed by atoms with Crippen molar-refractivity contribution in [3.8, 4) is 0 Å². The molecular weight excluding hydrogens is 285 g/mol. The molecule has 7 heteroatoms. The van der Waals surface area contributed by atoms with E-state index >= 15 is 0 Å². The molecular formula is C14H13F3N2O2. The fourth-order valence-corrected chi connectivity index (χ4v) is 1.84. The Kier molecular flexibility index (Phi) is 4.02. The molecule has 1 N–H and O–H groups in total. The summed E-state index contributed by atoms with van der Waals surface area (Å²) < 4.78 is 38.5. The van der Waals surface area contributed by atoms with Crippen molar-refractivity contribution in [2.24, 2.45) is 0 Å². The maximum Gasteiger partial charge on any atom is 0.419 e. The minimum Gasteiger partial charge on any atom is -0.481 e. The summed E-state index contributed by atoms with van der Waals surface area (Å²) in [5.74, 6) is -1.55. The van der Waals surface area contributed by atoms with Crippen LogP contribution in [-0.2, 0) is 17.5 Å². The van der Waals surface area contributed by atoms with Crippen LogP contribution in [0, 0.1) is 0 Å². The molecule has 1 unspecified atom stereocenters. The molecule has 2 aromatic rings. The number of hydrogen-bond donors (Lipinski definition) is 1. The first-order valence-corrected chi connectivity index (χ1v) is 6.18. The van der Waals surface area contributed by atoms with Crippen LogP contribution in [0.15, 0.2) is 36.7 Å². The van der Waals surface area contributed by atoms with E-state index in [4.69, 9.17) is 5.11 Å². The molecule has 0 aliphatic rings. The number of halogens is 3. The highest BCUT2D eigenvalue weighted by Crippen LogP contribution is 2.28. The molecule has 0 bridgehead atoms. The first-order valence-electron chi connectivity index (χ1n) is 6.18. The number of alkyl halides is 3. The van der Waals surface area contributed by atoms with Crippen LogP contribution in [0.25, 0.3) is 0 Å². The Hall–Kier alpha value is -2.31. The van der Waals surface area contributed by atoms with Gasteiger partial charge in [0, 0.05) is 6.20 Å². The summed E-state index contributed by atoms with van der Waals surface area (Å²) in [6.45, 7) is 1.76. The van der Waals surface area contributed by atoms with E-state index in [-0.39, 0.29) is 6.54 Å². The third-order valence-corrected chi connectivity index (χ3v) is 3.16. The molecule has 0 radical (unpaired) electrons. The predicted molar refractivity (Wildman–Crippen MR) is 68.8 cm³/mol. The van der Waals surface area contributed by atoms with Crippen molar-refractivity contribution in [3.05, 3.63) is 53.3 Å². The van der Waals surface area contributed by atoms with E-state index in [0.717, 1.165) is 18.0 Å². The lowest BCUT2D eigenvalue weighted by molar-refractivity contribution is -0.138. The van der Waals surface area contributed by atoms with Gasteiger partial charge in [0.05, 0.1) is 24.2 Å². The minimum atomic E-state index is -4.40. The second-order valence-electron chi connectivity index (χ2n) is 4.73. The van der Waals surface area contributed by atoms with E-state index in [1.54, 1.807) is 31.2 Å². The Morgan fingerprint density at radius 3 is 2.43 bits per heavy atom. The van der Waals surface area contributed by atoms with Gasteiger partial charge in [-0.1, -0.05) is 24.3 Å². The van der Waals surface area contributed by atoms with Gasteiger partial charge >= 0.3 is 12.1 Å². The number of aliphatic carboxylic acids is 1. The SMILES string of the molecule is CC(C(=O)O)c1ccc(Cn2cc(C(F)(F)F)cn2)cc1. The fourth-order valence-electron chi connectivity index (χ4n) is 1.84. The molecule has 0 saturated heterocycles. The molecule has 0 aliphatic heterocycles. The molecule has 21 heavy (non-hydrogen) atoms. The Morgan fingerprint density at radius 1 is 1.33 bits per heavy atom. The van der Waals surface area contributed by atoms with Crippen molar-refractivity contribution < 1.29 is 23.1 Å². The predicted octanol–water partition coefficient (Wildman–Crippen LogP) is 3.14. The van der Waals surface area contributed by atoms with Crippen molar-refractivity contribution in [1.29, 1.82) is 0 Å². The summed E-state index contributed by atoms with van der Waals surface area (Å²) in [5, 5.41) is 12.6. The summed E-state index contributed by atoms with van der Waals surface area (Å²) in [5.41, 5.74) is 0.592. The summed E-state index contributed by atoms with van der Waals surface area (Å²) in [6, 6.07) is 6.68. The van der Waals surface area contributed by atoms with E-state index in [0.29, 0.717) is 5.56 Å². The van der Waals surface area contributed by atoms with Crippen LogP contribution in [0.3, 0.4) is 0 Å². The number of hydrogen-bond acceptors (Lipinski definition) is 2. The second kappa shape index (κ2) is 5.59. The number of benzene rings is 1. The van der Waals surface area contributed by atoms with E-state index in [2.05, 4.69) is 5.10 Å². The number of rotatable bonds is 4. The molecule has 0 spiro atoms. The van der Waals surface area contributed by atoms with Gasteiger partial charge in [-0.2, -0.15) is 18.3 Å². The molecule has 1 aromatic carbocycles. The molecule has 0 aliphatic carbocycles. The average Bonchev–Trinajstić information content (AvgIpc) is 2.87. The van der Waals surface area contributed by atoms with E-state index in [1.165, 1.54) is 4.68 Å². The molecule has 0 fully saturated rings. The summed E-state index contributed by atoms with van der Waals surface area (Å²) >= 11 is 0. The highest BCUT2D eigenvalue weighted by molar-refractivity contribution is 5.75. The van der Waals surface area contributed by atoms with Gasteiger partial charge in [0.2, 0.25) is 0 Å². The highest BCUT2D eigenvalue weighted by Gasteiger charge is 2.32. The maximum absolute atomic E-state index is 12.4. The van der Waals surface area contributed by atoms with Gasteiger partial charge in [-0.15, -0.1) is 0 Å². The Balaban J connectivity index is 2.10. The van der Waals surface area contributed by atoms with Gasteiger partial charge < -0.3 is 5.11 Å². The number of carboxylic acids is 1. The first kappa shape index (κ1) is 15.1. The van der Waals surface area contributed by atoms with E-state index in [1.807, 2.05) is 0 Å². The number of carboxylic acid groups (broad SMARTS) is 1. The Morgan fingerprint density at radius 2 is 1.95 bits per heavy atom. The fraction of sp³-hybridized carbons (Fsp3) is 0.286. The topological polar surface area (TPSA) is 55.1 Å². The number of aromatic nitrogens is 2. The quantitative estimate of drug-likeness (QED) is 0.943. The minimum absolute atomic E-state index is 0.192. The van der Waals surface area contributed by atoms with Crippen LogP contribution in [0.4, 0.5) is 13.2 Å². The zero-order valence-corrected chi connectivity index (χ0v) is 11.1. The zero-order chi connectivity index (χ0) is 15.6. The molecule has 0 saturated carbocycles. The second-order valence-corrected chi connectivity index (χ2v) is 4.73. The van der Waals surface area contributed by atoms with Crippen molar-refractivity contribution in [1.82, 2.24) is 9.78 Å². The van der Waals surface area contributed by atoms with Crippen molar-refractivity contribution >= 4 is 5.97 Å². The van der Waals surface area contributed by atoms with Crippen molar-refractivity contribution in [2.75, 3.05) is 0 Å². The van der Waals surface area contributed by atoms with Gasteiger partial charge in [-0.05, 0) is 18.1 Å². The van der Waals surface area contributed by atoms with Crippen LogP contribution in [0.5, 0.6) is 0 Å². The van der Waals surface area contributed by atoms with Gasteiger partial charge in [-0.25, -0.2) is 0 Å². The number of nitrogens with zero attached hydrogens (tertiary/aromatic N) is 2. The summed E-state index contributed by atoms with van der Waals surface area (Å²) in [6.07, 6.45) is -2.69. The van der Waals surface area contributed by atoms with Gasteiger partial charge in [0.15, 0.2) is 0 Å². The number of carbonyl (C=O) groups is 1. The smallest absolute Gasteiger partial charge is 0.419 e. The van der Waals surface area contributed by atoms with Gasteiger partial charge in [0.25, 0.3) is 0 Å². The normalized spacial score (nSPS) is 13.1. The largest absolute Gasteiger partial charge is 0.481 e. The van der Waals surface area contributed by atoms with Gasteiger partial charge in [-0.3, -0.25) is 9.48 Å². The molecule has 1 atom stereocenters. The lowest BCUT2D eigenvalue weighted by Gasteiger charge is -2.08. The Labute approximate surface area is 118 Å². The lowest BCUT2D eigenvalue weighted by atomic mass is 10.0. The van der Waals surface area contributed by atoms with Crippen LogP contribution in [-0.4, -0.2) is 20.9 Å². The van der Waals surface area contributed by atoms with E-state index < -0.39 is 23.6 Å². The molecule has 1 heterocycles. The highest BCUT2D eigenvalue weighted by atomic mass is 19.4. The van der Waals surface area contributed by atoms with Crippen LogP contribution in [0.1, 0.15) is 29.5 Å².